The lowest BCUT2D eigenvalue weighted by molar-refractivity contribution is 0.0313. The maximum atomic E-state index is 10.1. The number of phenols is 1. The molecule has 1 aliphatic heterocycles. The lowest BCUT2D eigenvalue weighted by Gasteiger charge is -2.39. The van der Waals surface area contributed by atoms with Crippen molar-refractivity contribution in [3.05, 3.63) is 27.7 Å². The zero-order chi connectivity index (χ0) is 14.4. The smallest absolute Gasteiger partial charge is 0.120 e. The number of hydrogen-bond acceptors (Lipinski definition) is 3. The predicted octanol–water partition coefficient (Wildman–Crippen LogP) is 3.34. The van der Waals surface area contributed by atoms with Gasteiger partial charge in [-0.25, -0.2) is 0 Å². The number of halogens is 2. The fourth-order valence-electron chi connectivity index (χ4n) is 3.04. The number of phenolic OH excluding ortho intramolecular Hbond substituents is 1. The number of likely N-dealkylation sites (tertiary alicyclic amines) is 1. The van der Waals surface area contributed by atoms with Crippen molar-refractivity contribution < 1.29 is 10.2 Å². The molecule has 2 fully saturated rings. The Labute approximate surface area is 133 Å². The maximum Gasteiger partial charge on any atom is 0.120 e. The first kappa shape index (κ1) is 14.4. The van der Waals surface area contributed by atoms with Crippen molar-refractivity contribution >= 4 is 40.4 Å². The second-order valence-electron chi connectivity index (χ2n) is 5.52. The normalized spacial score (nSPS) is 29.6. The minimum absolute atomic E-state index is 0.0615. The molecule has 3 rings (SSSR count). The Bertz CT molecular complexity index is 560. The van der Waals surface area contributed by atoms with Gasteiger partial charge in [-0.1, -0.05) is 35.4 Å². The third-order valence-electron chi connectivity index (χ3n) is 4.21. The van der Waals surface area contributed by atoms with Crippen LogP contribution in [-0.4, -0.2) is 38.8 Å². The van der Waals surface area contributed by atoms with Crippen molar-refractivity contribution in [2.24, 2.45) is 0 Å². The van der Waals surface area contributed by atoms with Crippen molar-refractivity contribution in [3.8, 4) is 5.75 Å². The first-order valence-electron chi connectivity index (χ1n) is 6.61. The van der Waals surface area contributed by atoms with E-state index in [-0.39, 0.29) is 17.8 Å². The van der Waals surface area contributed by atoms with Crippen LogP contribution in [-0.2, 0) is 0 Å². The average Bonchev–Trinajstić information content (AvgIpc) is 2.72. The van der Waals surface area contributed by atoms with Crippen molar-refractivity contribution in [1.29, 1.82) is 0 Å². The summed E-state index contributed by atoms with van der Waals surface area (Å²) >= 11 is 17.7. The molecule has 20 heavy (non-hydrogen) atoms. The van der Waals surface area contributed by atoms with Crippen molar-refractivity contribution in [3.63, 3.8) is 0 Å². The number of benzene rings is 1. The highest BCUT2D eigenvalue weighted by atomic mass is 35.5. The predicted molar refractivity (Wildman–Crippen MR) is 83.8 cm³/mol. The van der Waals surface area contributed by atoms with E-state index < -0.39 is 0 Å². The summed E-state index contributed by atoms with van der Waals surface area (Å²) in [6.07, 6.45) is 2.02. The van der Waals surface area contributed by atoms with E-state index in [1.807, 2.05) is 0 Å². The molecule has 0 unspecified atom stereocenters. The number of aromatic hydroxyl groups is 1. The van der Waals surface area contributed by atoms with Crippen LogP contribution in [0.4, 0.5) is 0 Å². The molecule has 2 aliphatic rings. The molecule has 2 N–H and O–H groups in total. The summed E-state index contributed by atoms with van der Waals surface area (Å²) in [7, 11) is 0. The second-order valence-corrected chi connectivity index (χ2v) is 6.78. The van der Waals surface area contributed by atoms with E-state index in [9.17, 15) is 10.2 Å². The maximum absolute atomic E-state index is 10.1. The minimum Gasteiger partial charge on any atom is -0.508 e. The van der Waals surface area contributed by atoms with Gasteiger partial charge in [0.25, 0.3) is 0 Å². The Morgan fingerprint density at radius 1 is 1.25 bits per heavy atom. The van der Waals surface area contributed by atoms with Gasteiger partial charge in [0.1, 0.15) is 5.75 Å². The number of aliphatic hydroxyl groups excluding tert-OH is 1. The Morgan fingerprint density at radius 3 is 2.60 bits per heavy atom. The molecule has 0 spiro atoms. The molecule has 1 saturated heterocycles. The number of rotatable bonds is 2. The number of thiocarbonyl (C=S) groups is 1. The third kappa shape index (κ3) is 2.39. The summed E-state index contributed by atoms with van der Waals surface area (Å²) in [6.45, 7) is 0.726. The van der Waals surface area contributed by atoms with Crippen LogP contribution in [0.5, 0.6) is 5.75 Å². The highest BCUT2D eigenvalue weighted by Crippen LogP contribution is 2.43. The van der Waals surface area contributed by atoms with Crippen LogP contribution < -0.4 is 0 Å². The molecule has 1 heterocycles. The van der Waals surface area contributed by atoms with Gasteiger partial charge < -0.3 is 15.1 Å². The molecule has 0 amide bonds. The lowest BCUT2D eigenvalue weighted by atomic mass is 9.88. The summed E-state index contributed by atoms with van der Waals surface area (Å²) in [6, 6.07) is 3.49. The fourth-order valence-corrected chi connectivity index (χ4v) is 3.94. The second kappa shape index (κ2) is 5.34. The third-order valence-corrected chi connectivity index (χ3v) is 5.43. The van der Waals surface area contributed by atoms with Gasteiger partial charge in [0.05, 0.1) is 21.1 Å². The highest BCUT2D eigenvalue weighted by Gasteiger charge is 2.40. The minimum atomic E-state index is -0.204. The van der Waals surface area contributed by atoms with Crippen LogP contribution in [0.25, 0.3) is 0 Å². The summed E-state index contributed by atoms with van der Waals surface area (Å²) in [4.78, 5) is 3.03. The van der Waals surface area contributed by atoms with E-state index in [1.54, 1.807) is 12.1 Å². The molecular weight excluding hydrogens is 317 g/mol. The van der Waals surface area contributed by atoms with Crippen LogP contribution in [0, 0.1) is 0 Å². The van der Waals surface area contributed by atoms with Crippen LogP contribution >= 0.6 is 35.4 Å². The standard InChI is InChI=1S/C14H15Cl2NO2S/c15-10-1-2-11(19)13(14(10)16)7-3-12(20)17(6-7)8-4-9(18)5-8/h1-2,7-9,18-19H,3-6H2/t7-,8?,9?/m0/s1. The highest BCUT2D eigenvalue weighted by molar-refractivity contribution is 7.80. The Balaban J connectivity index is 1.83. The van der Waals surface area contributed by atoms with Gasteiger partial charge in [0, 0.05) is 30.5 Å². The molecule has 1 aromatic carbocycles. The Hall–Kier alpha value is -0.550. The van der Waals surface area contributed by atoms with Crippen LogP contribution in [0.3, 0.4) is 0 Å². The SMILES string of the molecule is Oc1ccc(Cl)c(Cl)c1[C@H]1CC(=S)N(C2CC(O)C2)C1. The number of aliphatic hydroxyl groups is 1. The molecule has 1 aromatic rings. The van der Waals surface area contributed by atoms with Gasteiger partial charge in [-0.3, -0.25) is 0 Å². The quantitative estimate of drug-likeness (QED) is 0.816. The zero-order valence-corrected chi connectivity index (χ0v) is 13.0. The van der Waals surface area contributed by atoms with Crippen molar-refractivity contribution in [2.75, 3.05) is 6.54 Å². The molecule has 1 aliphatic carbocycles. The van der Waals surface area contributed by atoms with Crippen molar-refractivity contribution in [1.82, 2.24) is 4.90 Å². The molecule has 3 nitrogen and oxygen atoms in total. The largest absolute Gasteiger partial charge is 0.508 e. The lowest BCUT2D eigenvalue weighted by Crippen LogP contribution is -2.47. The fraction of sp³-hybridized carbons (Fsp3) is 0.500. The zero-order valence-electron chi connectivity index (χ0n) is 10.7. The van der Waals surface area contributed by atoms with E-state index in [0.717, 1.165) is 24.4 Å². The van der Waals surface area contributed by atoms with Crippen LogP contribution in [0.1, 0.15) is 30.7 Å². The van der Waals surface area contributed by atoms with Gasteiger partial charge in [0.2, 0.25) is 0 Å². The molecule has 0 radical (unpaired) electrons. The first-order valence-corrected chi connectivity index (χ1v) is 7.78. The first-order chi connectivity index (χ1) is 9.47. The molecule has 6 heteroatoms. The molecule has 108 valence electrons. The Morgan fingerprint density at radius 2 is 1.95 bits per heavy atom. The van der Waals surface area contributed by atoms with Gasteiger partial charge >= 0.3 is 0 Å². The van der Waals surface area contributed by atoms with Gasteiger partial charge in [-0.2, -0.15) is 0 Å². The number of hydrogen-bond donors (Lipinski definition) is 2. The van der Waals surface area contributed by atoms with Crippen molar-refractivity contribution in [2.45, 2.75) is 37.3 Å². The Kier molecular flexibility index (Phi) is 3.84. The summed E-state index contributed by atoms with van der Waals surface area (Å²) in [5, 5.41) is 20.3. The molecule has 0 bridgehead atoms. The summed E-state index contributed by atoms with van der Waals surface area (Å²) < 4.78 is 0. The molecule has 0 aromatic heterocycles. The number of nitrogens with zero attached hydrogens (tertiary/aromatic N) is 1. The molecular formula is C14H15Cl2NO2S. The van der Waals surface area contributed by atoms with Gasteiger partial charge in [0.15, 0.2) is 0 Å². The summed E-state index contributed by atoms with van der Waals surface area (Å²) in [5.74, 6) is 0.231. The van der Waals surface area contributed by atoms with Gasteiger partial charge in [-0.05, 0) is 25.0 Å². The van der Waals surface area contributed by atoms with E-state index in [0.29, 0.717) is 28.1 Å². The average molecular weight is 332 g/mol. The summed E-state index contributed by atoms with van der Waals surface area (Å²) in [5.41, 5.74) is 0.684. The van der Waals surface area contributed by atoms with E-state index in [2.05, 4.69) is 4.90 Å². The van der Waals surface area contributed by atoms with Crippen LogP contribution in [0.15, 0.2) is 12.1 Å². The van der Waals surface area contributed by atoms with E-state index in [1.165, 1.54) is 0 Å². The van der Waals surface area contributed by atoms with Crippen LogP contribution in [0.2, 0.25) is 10.0 Å². The monoisotopic (exact) mass is 331 g/mol. The topological polar surface area (TPSA) is 43.7 Å². The molecule has 1 saturated carbocycles. The van der Waals surface area contributed by atoms with E-state index in [4.69, 9.17) is 35.4 Å². The molecule has 1 atom stereocenters. The van der Waals surface area contributed by atoms with E-state index >= 15 is 0 Å². The van der Waals surface area contributed by atoms with Gasteiger partial charge in [-0.15, -0.1) is 0 Å².